The molecule has 0 bridgehead atoms. The lowest BCUT2D eigenvalue weighted by molar-refractivity contribution is 0.134. The van der Waals surface area contributed by atoms with E-state index in [2.05, 4.69) is 16.0 Å². The number of nitrogens with zero attached hydrogens (tertiary/aromatic N) is 2. The molecule has 5 heteroatoms. The maximum Gasteiger partial charge on any atom is 0.137 e. The molecule has 0 amide bonds. The summed E-state index contributed by atoms with van der Waals surface area (Å²) in [6.07, 6.45) is 6.98. The molecule has 0 aliphatic heterocycles. The number of alkyl halides is 1. The van der Waals surface area contributed by atoms with Gasteiger partial charge in [-0.2, -0.15) is 0 Å². The zero-order valence-corrected chi connectivity index (χ0v) is 15.4. The van der Waals surface area contributed by atoms with Crippen LogP contribution in [0.4, 0.5) is 4.39 Å². The molecule has 134 valence electrons. The van der Waals surface area contributed by atoms with Gasteiger partial charge in [-0.3, -0.25) is 9.97 Å². The summed E-state index contributed by atoms with van der Waals surface area (Å²) >= 11 is 0. The smallest absolute Gasteiger partial charge is 0.137 e. The normalized spacial score (nSPS) is 9.25. The summed E-state index contributed by atoms with van der Waals surface area (Å²) in [4.78, 5) is 7.95. The first-order chi connectivity index (χ1) is 11.7. The van der Waals surface area contributed by atoms with E-state index in [9.17, 15) is 4.39 Å². The predicted molar refractivity (Wildman–Crippen MR) is 96.1 cm³/mol. The topological polar surface area (TPSA) is 44.2 Å². The second-order valence-corrected chi connectivity index (χ2v) is 4.74. The van der Waals surface area contributed by atoms with Crippen LogP contribution in [0.5, 0.6) is 5.75 Å². The van der Waals surface area contributed by atoms with E-state index in [0.29, 0.717) is 12.4 Å². The first kappa shape index (κ1) is 22.0. The van der Waals surface area contributed by atoms with Gasteiger partial charge >= 0.3 is 0 Å². The van der Waals surface area contributed by atoms with Crippen molar-refractivity contribution >= 4 is 0 Å². The molecule has 0 atom stereocenters. The van der Waals surface area contributed by atoms with Crippen LogP contribution in [0.1, 0.15) is 37.5 Å². The highest BCUT2D eigenvalue weighted by Gasteiger charge is 1.93. The second-order valence-electron chi connectivity index (χ2n) is 4.74. The van der Waals surface area contributed by atoms with E-state index in [0.717, 1.165) is 17.7 Å². The number of pyridine rings is 2. The minimum Gasteiger partial charge on any atom is -0.489 e. The van der Waals surface area contributed by atoms with Crippen molar-refractivity contribution in [1.29, 1.82) is 0 Å². The molecule has 4 nitrogen and oxygen atoms in total. The highest BCUT2D eigenvalue weighted by atomic mass is 19.1. The van der Waals surface area contributed by atoms with Crippen molar-refractivity contribution in [2.75, 3.05) is 19.9 Å². The van der Waals surface area contributed by atoms with Crippen molar-refractivity contribution in [2.45, 2.75) is 41.2 Å². The maximum absolute atomic E-state index is 11.6. The van der Waals surface area contributed by atoms with Gasteiger partial charge in [0.1, 0.15) is 19.0 Å². The van der Waals surface area contributed by atoms with E-state index in [-0.39, 0.29) is 6.61 Å². The predicted octanol–water partition coefficient (Wildman–Crippen LogP) is 4.69. The van der Waals surface area contributed by atoms with Crippen LogP contribution in [0.25, 0.3) is 0 Å². The Morgan fingerprint density at radius 1 is 0.958 bits per heavy atom. The quantitative estimate of drug-likeness (QED) is 0.767. The molecule has 0 saturated heterocycles. The van der Waals surface area contributed by atoms with Crippen LogP contribution in [0, 0.1) is 13.8 Å². The van der Waals surface area contributed by atoms with Gasteiger partial charge in [-0.15, -0.1) is 0 Å². The van der Waals surface area contributed by atoms with E-state index >= 15 is 0 Å². The number of ether oxygens (including phenoxy) is 2. The fourth-order valence-corrected chi connectivity index (χ4v) is 1.68. The van der Waals surface area contributed by atoms with Gasteiger partial charge in [0.15, 0.2) is 0 Å². The molecule has 0 radical (unpaired) electrons. The first-order valence-electron chi connectivity index (χ1n) is 8.24. The zero-order chi connectivity index (χ0) is 18.2. The Hall–Kier alpha value is -2.01. The second kappa shape index (κ2) is 14.6. The first-order valence-corrected chi connectivity index (χ1v) is 8.24. The zero-order valence-electron chi connectivity index (χ0n) is 15.4. The Morgan fingerprint density at radius 2 is 1.58 bits per heavy atom. The van der Waals surface area contributed by atoms with Crippen molar-refractivity contribution in [3.63, 3.8) is 0 Å². The van der Waals surface area contributed by atoms with Gasteiger partial charge in [0.05, 0.1) is 12.8 Å². The van der Waals surface area contributed by atoms with Gasteiger partial charge in [0.2, 0.25) is 0 Å². The van der Waals surface area contributed by atoms with Crippen LogP contribution in [-0.2, 0) is 11.3 Å². The lowest BCUT2D eigenvalue weighted by Gasteiger charge is -2.02. The molecule has 0 saturated carbocycles. The van der Waals surface area contributed by atoms with E-state index < -0.39 is 6.67 Å². The highest BCUT2D eigenvalue weighted by molar-refractivity contribution is 5.22. The number of hydrogen-bond acceptors (Lipinski definition) is 4. The Bertz CT molecular complexity index is 501. The summed E-state index contributed by atoms with van der Waals surface area (Å²) in [5.74, 6) is 0.627. The van der Waals surface area contributed by atoms with Crippen LogP contribution < -0.4 is 4.74 Å². The minimum absolute atomic E-state index is 0.102. The molecule has 2 rings (SSSR count). The summed E-state index contributed by atoms with van der Waals surface area (Å²) in [7, 11) is 0. The Morgan fingerprint density at radius 3 is 2.12 bits per heavy atom. The lowest BCUT2D eigenvalue weighted by Crippen LogP contribution is -1.98. The fraction of sp³-hybridized carbons (Fsp3) is 0.474. The van der Waals surface area contributed by atoms with Crippen LogP contribution in [0.2, 0.25) is 0 Å². The highest BCUT2D eigenvalue weighted by Crippen LogP contribution is 2.09. The van der Waals surface area contributed by atoms with Crippen LogP contribution in [-0.4, -0.2) is 29.9 Å². The van der Waals surface area contributed by atoms with Gasteiger partial charge in [-0.25, -0.2) is 4.39 Å². The standard InChI is InChI=1S/C9H13NO.C8H10FNO.C2H6/c1-3-11-7-9-4-8(2)5-10-6-9;1-7-4-8(6-10-5-7)11-3-2-9;1-2/h4-6H,3,7H2,1-2H3;4-6H,2-3H2,1H3;1-2H3. The molecule has 0 unspecified atom stereocenters. The van der Waals surface area contributed by atoms with Crippen molar-refractivity contribution in [1.82, 2.24) is 9.97 Å². The average Bonchev–Trinajstić information content (AvgIpc) is 2.61. The third kappa shape index (κ3) is 10.7. The minimum atomic E-state index is -0.464. The number of aromatic nitrogens is 2. The largest absolute Gasteiger partial charge is 0.489 e. The van der Waals surface area contributed by atoms with Crippen molar-refractivity contribution in [3.8, 4) is 5.75 Å². The molecular weight excluding hydrogens is 307 g/mol. The van der Waals surface area contributed by atoms with Crippen molar-refractivity contribution in [2.24, 2.45) is 0 Å². The van der Waals surface area contributed by atoms with E-state index in [1.54, 1.807) is 12.4 Å². The van der Waals surface area contributed by atoms with Gasteiger partial charge in [0, 0.05) is 25.2 Å². The molecule has 2 heterocycles. The number of hydrogen-bond donors (Lipinski definition) is 0. The average molecular weight is 336 g/mol. The molecular formula is C19H29FN2O2. The van der Waals surface area contributed by atoms with Crippen LogP contribution >= 0.6 is 0 Å². The number of aryl methyl sites for hydroxylation is 2. The van der Waals surface area contributed by atoms with Crippen LogP contribution in [0.15, 0.2) is 36.9 Å². The summed E-state index contributed by atoms with van der Waals surface area (Å²) < 4.78 is 21.9. The van der Waals surface area contributed by atoms with Crippen molar-refractivity contribution < 1.29 is 13.9 Å². The fourth-order valence-electron chi connectivity index (χ4n) is 1.68. The lowest BCUT2D eigenvalue weighted by atomic mass is 10.2. The van der Waals surface area contributed by atoms with Gasteiger partial charge < -0.3 is 9.47 Å². The summed E-state index contributed by atoms with van der Waals surface area (Å²) in [5, 5.41) is 0. The molecule has 0 aliphatic rings. The molecule has 0 N–H and O–H groups in total. The SMILES string of the molecule is CC.CCOCc1cncc(C)c1.Cc1cncc(OCCF)c1. The summed E-state index contributed by atoms with van der Waals surface area (Å²) in [6, 6.07) is 3.91. The monoisotopic (exact) mass is 336 g/mol. The van der Waals surface area contributed by atoms with Gasteiger partial charge in [0.25, 0.3) is 0 Å². The van der Waals surface area contributed by atoms with Crippen molar-refractivity contribution in [3.05, 3.63) is 53.6 Å². The molecule has 0 aromatic carbocycles. The van der Waals surface area contributed by atoms with E-state index in [4.69, 9.17) is 9.47 Å². The summed E-state index contributed by atoms with van der Waals surface area (Å²) in [6.45, 7) is 11.0. The third-order valence-corrected chi connectivity index (χ3v) is 2.60. The van der Waals surface area contributed by atoms with Gasteiger partial charge in [-0.05, 0) is 43.5 Å². The molecule has 0 fully saturated rings. The summed E-state index contributed by atoms with van der Waals surface area (Å²) in [5.41, 5.74) is 3.34. The molecule has 24 heavy (non-hydrogen) atoms. The molecule has 0 spiro atoms. The van der Waals surface area contributed by atoms with E-state index in [1.807, 2.05) is 53.1 Å². The third-order valence-electron chi connectivity index (χ3n) is 2.60. The van der Waals surface area contributed by atoms with Crippen LogP contribution in [0.3, 0.4) is 0 Å². The molecule has 2 aromatic heterocycles. The molecule has 2 aromatic rings. The number of halogens is 1. The number of rotatable bonds is 6. The van der Waals surface area contributed by atoms with Gasteiger partial charge in [-0.1, -0.05) is 19.9 Å². The Kier molecular flexibility index (Phi) is 13.4. The Balaban J connectivity index is 0.000000400. The maximum atomic E-state index is 11.6. The molecule has 0 aliphatic carbocycles. The Labute approximate surface area is 145 Å². The van der Waals surface area contributed by atoms with E-state index in [1.165, 1.54) is 5.56 Å².